The van der Waals surface area contributed by atoms with Gasteiger partial charge in [-0.2, -0.15) is 0 Å². The van der Waals surface area contributed by atoms with Crippen LogP contribution >= 0.6 is 0 Å². The fraction of sp³-hybridized carbons (Fsp3) is 0.932. The number of allylic oxidation sites excluding steroid dienone is 2. The van der Waals surface area contributed by atoms with Gasteiger partial charge in [0.15, 0.2) is 0 Å². The van der Waals surface area contributed by atoms with Gasteiger partial charge in [0.25, 0.3) is 0 Å². The topological polar surface area (TPSA) is 43.4 Å². The Bertz CT molecular complexity index is 879. The van der Waals surface area contributed by atoms with Crippen LogP contribution in [0.1, 0.15) is 354 Å². The van der Waals surface area contributed by atoms with Gasteiger partial charge < -0.3 is 4.74 Å². The second kappa shape index (κ2) is 56.0. The Morgan fingerprint density at radius 1 is 0.242 bits per heavy atom. The highest BCUT2D eigenvalue weighted by Crippen LogP contribution is 2.18. The third-order valence-corrected chi connectivity index (χ3v) is 13.6. The van der Waals surface area contributed by atoms with Gasteiger partial charge in [-0.1, -0.05) is 315 Å². The van der Waals surface area contributed by atoms with Crippen molar-refractivity contribution < 1.29 is 14.3 Å². The SMILES string of the molecule is CCCCCCCC/C=C\CCCCCCCCCCCC(=O)OC(=O)CCCCCCCCCCCCCCCCCCCCCCCCCCCCCCCCCCCC. The minimum atomic E-state index is -0.322. The molecule has 62 heavy (non-hydrogen) atoms. The van der Waals surface area contributed by atoms with Gasteiger partial charge in [0.2, 0.25) is 0 Å². The average Bonchev–Trinajstić information content (AvgIpc) is 3.27. The van der Waals surface area contributed by atoms with Gasteiger partial charge in [-0.15, -0.1) is 0 Å². The van der Waals surface area contributed by atoms with E-state index in [1.165, 1.54) is 302 Å². The summed E-state index contributed by atoms with van der Waals surface area (Å²) in [5.74, 6) is -0.642. The molecule has 368 valence electrons. The van der Waals surface area contributed by atoms with E-state index in [-0.39, 0.29) is 11.9 Å². The molecule has 0 atom stereocenters. The van der Waals surface area contributed by atoms with Crippen LogP contribution in [-0.4, -0.2) is 11.9 Å². The average molecular weight is 872 g/mol. The number of hydrogen-bond donors (Lipinski definition) is 0. The third kappa shape index (κ3) is 55.0. The lowest BCUT2D eigenvalue weighted by Crippen LogP contribution is -2.11. The largest absolute Gasteiger partial charge is 0.393 e. The Hall–Kier alpha value is -1.12. The molecule has 0 rings (SSSR count). The lowest BCUT2D eigenvalue weighted by atomic mass is 10.0. The molecule has 0 heterocycles. The van der Waals surface area contributed by atoms with Gasteiger partial charge >= 0.3 is 11.9 Å². The van der Waals surface area contributed by atoms with Gasteiger partial charge in [0.05, 0.1) is 0 Å². The maximum atomic E-state index is 12.1. The normalized spacial score (nSPS) is 11.6. The number of esters is 2. The predicted molar refractivity (Wildman–Crippen MR) is 276 cm³/mol. The van der Waals surface area contributed by atoms with Gasteiger partial charge in [-0.25, -0.2) is 0 Å². The molecule has 0 saturated carbocycles. The molecule has 0 aromatic rings. The zero-order valence-electron chi connectivity index (χ0n) is 42.9. The molecule has 0 aromatic heterocycles. The first kappa shape index (κ1) is 60.9. The molecular weight excluding hydrogens is 757 g/mol. The lowest BCUT2D eigenvalue weighted by molar-refractivity contribution is -0.159. The molecule has 0 fully saturated rings. The fourth-order valence-corrected chi connectivity index (χ4v) is 9.28. The van der Waals surface area contributed by atoms with Crippen molar-refractivity contribution in [3.8, 4) is 0 Å². The van der Waals surface area contributed by atoms with Crippen LogP contribution in [-0.2, 0) is 14.3 Å². The molecule has 0 aromatic carbocycles. The van der Waals surface area contributed by atoms with E-state index in [0.29, 0.717) is 12.8 Å². The van der Waals surface area contributed by atoms with Gasteiger partial charge in [0, 0.05) is 12.8 Å². The number of rotatable bonds is 54. The van der Waals surface area contributed by atoms with Crippen LogP contribution in [0, 0.1) is 0 Å². The monoisotopic (exact) mass is 871 g/mol. The number of carbonyl (C=O) groups excluding carboxylic acids is 2. The Morgan fingerprint density at radius 2 is 0.403 bits per heavy atom. The maximum Gasteiger partial charge on any atom is 0.313 e. The van der Waals surface area contributed by atoms with Crippen LogP contribution in [0.2, 0.25) is 0 Å². The van der Waals surface area contributed by atoms with Gasteiger partial charge in [-0.3, -0.25) is 9.59 Å². The highest BCUT2D eigenvalue weighted by Gasteiger charge is 2.10. The van der Waals surface area contributed by atoms with Crippen LogP contribution < -0.4 is 0 Å². The first-order valence-corrected chi connectivity index (χ1v) is 29.1. The smallest absolute Gasteiger partial charge is 0.313 e. The summed E-state index contributed by atoms with van der Waals surface area (Å²) in [6.07, 6.45) is 75.2. The molecule has 3 heteroatoms. The minimum Gasteiger partial charge on any atom is -0.393 e. The van der Waals surface area contributed by atoms with E-state index in [1.807, 2.05) is 0 Å². The molecular formula is C59H114O3. The van der Waals surface area contributed by atoms with Crippen molar-refractivity contribution in [3.05, 3.63) is 12.2 Å². The van der Waals surface area contributed by atoms with Crippen molar-refractivity contribution in [2.45, 2.75) is 354 Å². The van der Waals surface area contributed by atoms with Crippen LogP contribution in [0.25, 0.3) is 0 Å². The first-order chi connectivity index (χ1) is 30.7. The van der Waals surface area contributed by atoms with Crippen molar-refractivity contribution in [3.63, 3.8) is 0 Å². The van der Waals surface area contributed by atoms with Crippen molar-refractivity contribution in [1.82, 2.24) is 0 Å². The Labute approximate surface area is 391 Å². The Balaban J connectivity index is 3.23. The highest BCUT2D eigenvalue weighted by molar-refractivity contribution is 5.85. The predicted octanol–water partition coefficient (Wildman–Crippen LogP) is 21.3. The minimum absolute atomic E-state index is 0.320. The van der Waals surface area contributed by atoms with E-state index >= 15 is 0 Å². The zero-order chi connectivity index (χ0) is 44.8. The first-order valence-electron chi connectivity index (χ1n) is 29.1. The molecule has 3 nitrogen and oxygen atoms in total. The molecule has 0 aliphatic carbocycles. The molecule has 0 unspecified atom stereocenters. The van der Waals surface area contributed by atoms with Gasteiger partial charge in [0.1, 0.15) is 0 Å². The van der Waals surface area contributed by atoms with Gasteiger partial charge in [-0.05, 0) is 38.5 Å². The summed E-state index contributed by atoms with van der Waals surface area (Å²) >= 11 is 0. The van der Waals surface area contributed by atoms with Crippen molar-refractivity contribution in [2.24, 2.45) is 0 Å². The quantitative estimate of drug-likeness (QED) is 0.0265. The van der Waals surface area contributed by atoms with Crippen LogP contribution in [0.5, 0.6) is 0 Å². The zero-order valence-corrected chi connectivity index (χ0v) is 42.9. The number of unbranched alkanes of at least 4 members (excludes halogenated alkanes) is 48. The second-order valence-electron chi connectivity index (χ2n) is 20.0. The maximum absolute atomic E-state index is 12.1. The summed E-state index contributed by atoms with van der Waals surface area (Å²) in [6.45, 7) is 4.59. The van der Waals surface area contributed by atoms with Crippen molar-refractivity contribution in [1.29, 1.82) is 0 Å². The molecule has 0 saturated heterocycles. The third-order valence-electron chi connectivity index (χ3n) is 13.6. The Kier molecular flexibility index (Phi) is 55.0. The molecule has 0 radical (unpaired) electrons. The lowest BCUT2D eigenvalue weighted by Gasteiger charge is -2.05. The van der Waals surface area contributed by atoms with Crippen LogP contribution in [0.3, 0.4) is 0 Å². The summed E-state index contributed by atoms with van der Waals surface area (Å²) in [6, 6.07) is 0. The summed E-state index contributed by atoms with van der Waals surface area (Å²) < 4.78 is 5.08. The van der Waals surface area contributed by atoms with E-state index in [0.717, 1.165) is 25.7 Å². The molecule has 0 aliphatic heterocycles. The standard InChI is InChI=1S/C59H114O3/c1-3-5-7-9-11-13-15-17-19-21-23-24-25-26-27-28-29-30-31-32-33-34-35-36-37-39-41-43-45-47-49-51-53-55-57-59(61)62-58(60)56-54-52-50-48-46-44-42-40-38-22-20-18-16-14-12-10-8-6-4-2/h18,20H,3-17,19,21-57H2,1-2H3/b20-18-. The highest BCUT2D eigenvalue weighted by atomic mass is 16.6. The van der Waals surface area contributed by atoms with E-state index in [4.69, 9.17) is 4.74 Å². The number of carbonyl (C=O) groups is 2. The van der Waals surface area contributed by atoms with Crippen LogP contribution in [0.15, 0.2) is 12.2 Å². The summed E-state index contributed by atoms with van der Waals surface area (Å²) in [5.41, 5.74) is 0. The van der Waals surface area contributed by atoms with E-state index in [9.17, 15) is 9.59 Å². The fourth-order valence-electron chi connectivity index (χ4n) is 9.28. The second-order valence-corrected chi connectivity index (χ2v) is 20.0. The van der Waals surface area contributed by atoms with Crippen molar-refractivity contribution in [2.75, 3.05) is 0 Å². The van der Waals surface area contributed by atoms with E-state index in [1.54, 1.807) is 0 Å². The summed E-state index contributed by atoms with van der Waals surface area (Å²) in [4.78, 5) is 24.2. The van der Waals surface area contributed by atoms with Crippen molar-refractivity contribution >= 4 is 11.9 Å². The summed E-state index contributed by atoms with van der Waals surface area (Å²) in [5, 5.41) is 0. The molecule has 0 aliphatic rings. The number of ether oxygens (including phenoxy) is 1. The Morgan fingerprint density at radius 3 is 0.597 bits per heavy atom. The van der Waals surface area contributed by atoms with E-state index in [2.05, 4.69) is 26.0 Å². The van der Waals surface area contributed by atoms with E-state index < -0.39 is 0 Å². The molecule has 0 bridgehead atoms. The van der Waals surface area contributed by atoms with Crippen LogP contribution in [0.4, 0.5) is 0 Å². The molecule has 0 spiro atoms. The molecule has 0 amide bonds. The number of hydrogen-bond acceptors (Lipinski definition) is 3. The molecule has 0 N–H and O–H groups in total. The summed E-state index contributed by atoms with van der Waals surface area (Å²) in [7, 11) is 0.